The number of hydrogen-bond donors (Lipinski definition) is 1. The summed E-state index contributed by atoms with van der Waals surface area (Å²) in [5.41, 5.74) is 0.988. The van der Waals surface area contributed by atoms with E-state index in [0.29, 0.717) is 12.5 Å². The van der Waals surface area contributed by atoms with Crippen LogP contribution in [0, 0.1) is 5.92 Å². The van der Waals surface area contributed by atoms with Gasteiger partial charge in [-0.15, -0.1) is 6.58 Å². The summed E-state index contributed by atoms with van der Waals surface area (Å²) in [6.45, 7) is 8.28. The number of carbonyl (C=O) groups excluding carboxylic acids is 1. The molecule has 3 nitrogen and oxygen atoms in total. The van der Waals surface area contributed by atoms with Crippen LogP contribution in [0.25, 0.3) is 0 Å². The highest BCUT2D eigenvalue weighted by molar-refractivity contribution is 5.67. The zero-order chi connectivity index (χ0) is 14.1. The van der Waals surface area contributed by atoms with E-state index in [9.17, 15) is 4.79 Å². The van der Waals surface area contributed by atoms with E-state index in [-0.39, 0.29) is 12.1 Å². The van der Waals surface area contributed by atoms with Crippen molar-refractivity contribution in [3.63, 3.8) is 0 Å². The Morgan fingerprint density at radius 1 is 1.37 bits per heavy atom. The zero-order valence-corrected chi connectivity index (χ0v) is 11.8. The molecule has 1 rings (SSSR count). The van der Waals surface area contributed by atoms with Crippen LogP contribution in [-0.2, 0) is 11.3 Å². The zero-order valence-electron chi connectivity index (χ0n) is 11.8. The molecule has 1 unspecified atom stereocenters. The van der Waals surface area contributed by atoms with Gasteiger partial charge in [-0.2, -0.15) is 0 Å². The second-order valence-corrected chi connectivity index (χ2v) is 5.06. The van der Waals surface area contributed by atoms with Crippen molar-refractivity contribution in [3.05, 3.63) is 48.6 Å². The van der Waals surface area contributed by atoms with Crippen LogP contribution < -0.4 is 5.32 Å². The molecule has 1 aromatic carbocycles. The van der Waals surface area contributed by atoms with Gasteiger partial charge < -0.3 is 10.1 Å². The monoisotopic (exact) mass is 261 g/mol. The predicted molar refractivity (Wildman–Crippen MR) is 77.8 cm³/mol. The van der Waals surface area contributed by atoms with Crippen molar-refractivity contribution in [2.24, 2.45) is 5.92 Å². The molecule has 1 N–H and O–H groups in total. The minimum atomic E-state index is -0.364. The maximum Gasteiger partial charge on any atom is 0.407 e. The second kappa shape index (κ2) is 8.35. The topological polar surface area (TPSA) is 38.3 Å². The summed E-state index contributed by atoms with van der Waals surface area (Å²) >= 11 is 0. The normalized spacial score (nSPS) is 11.9. The van der Waals surface area contributed by atoms with Crippen LogP contribution in [0.1, 0.15) is 32.3 Å². The lowest BCUT2D eigenvalue weighted by Gasteiger charge is -2.18. The smallest absolute Gasteiger partial charge is 0.407 e. The molecule has 0 aliphatic carbocycles. The molecule has 0 spiro atoms. The highest BCUT2D eigenvalue weighted by Crippen LogP contribution is 2.09. The number of benzene rings is 1. The third kappa shape index (κ3) is 6.65. The lowest BCUT2D eigenvalue weighted by molar-refractivity contribution is 0.134. The summed E-state index contributed by atoms with van der Waals surface area (Å²) in [5.74, 6) is 0.527. The Bertz CT molecular complexity index is 387. The molecule has 0 aromatic heterocycles. The summed E-state index contributed by atoms with van der Waals surface area (Å²) in [6, 6.07) is 9.75. The molecule has 0 heterocycles. The van der Waals surface area contributed by atoms with E-state index in [1.54, 1.807) is 0 Å². The molecule has 1 amide bonds. The first kappa shape index (κ1) is 15.3. The van der Waals surface area contributed by atoms with Gasteiger partial charge in [0.1, 0.15) is 6.61 Å². The molecule has 0 saturated heterocycles. The standard InChI is InChI=1S/C16H23NO2/c1-4-8-15(11-13(2)3)17-16(18)19-12-14-9-6-5-7-10-14/h4-7,9-10,13,15H,1,8,11-12H2,2-3H3,(H,17,18). The largest absolute Gasteiger partial charge is 0.445 e. The number of rotatable bonds is 7. The van der Waals surface area contributed by atoms with E-state index in [0.717, 1.165) is 18.4 Å². The van der Waals surface area contributed by atoms with Crippen LogP contribution >= 0.6 is 0 Å². The molecule has 104 valence electrons. The lowest BCUT2D eigenvalue weighted by atomic mass is 10.0. The third-order valence-corrected chi connectivity index (χ3v) is 2.74. The van der Waals surface area contributed by atoms with Crippen LogP contribution in [0.4, 0.5) is 4.79 Å². The quantitative estimate of drug-likeness (QED) is 0.756. The average Bonchev–Trinajstić information content (AvgIpc) is 2.37. The van der Waals surface area contributed by atoms with E-state index in [4.69, 9.17) is 4.74 Å². The van der Waals surface area contributed by atoms with Crippen molar-refractivity contribution in [1.82, 2.24) is 5.32 Å². The highest BCUT2D eigenvalue weighted by Gasteiger charge is 2.13. The van der Waals surface area contributed by atoms with Crippen LogP contribution in [-0.4, -0.2) is 12.1 Å². The van der Waals surface area contributed by atoms with Gasteiger partial charge in [0.05, 0.1) is 0 Å². The summed E-state index contributed by atoms with van der Waals surface area (Å²) < 4.78 is 5.20. The molecule has 0 saturated carbocycles. The van der Waals surface area contributed by atoms with Crippen LogP contribution in [0.3, 0.4) is 0 Å². The van der Waals surface area contributed by atoms with Crippen LogP contribution in [0.15, 0.2) is 43.0 Å². The van der Waals surface area contributed by atoms with Crippen molar-refractivity contribution in [2.75, 3.05) is 0 Å². The fraction of sp³-hybridized carbons (Fsp3) is 0.438. The van der Waals surface area contributed by atoms with Gasteiger partial charge in [-0.25, -0.2) is 4.79 Å². The summed E-state index contributed by atoms with van der Waals surface area (Å²) in [5, 5.41) is 2.89. The van der Waals surface area contributed by atoms with Gasteiger partial charge in [0.25, 0.3) is 0 Å². The number of carbonyl (C=O) groups is 1. The van der Waals surface area contributed by atoms with Crippen molar-refractivity contribution in [1.29, 1.82) is 0 Å². The second-order valence-electron chi connectivity index (χ2n) is 5.06. The van der Waals surface area contributed by atoms with Gasteiger partial charge in [-0.1, -0.05) is 50.3 Å². The Labute approximate surface area is 115 Å². The Kier molecular flexibility index (Phi) is 6.72. The number of ether oxygens (including phenoxy) is 1. The maximum absolute atomic E-state index is 11.7. The Balaban J connectivity index is 2.37. The summed E-state index contributed by atoms with van der Waals surface area (Å²) in [6.07, 6.45) is 3.15. The molecular weight excluding hydrogens is 238 g/mol. The maximum atomic E-state index is 11.7. The number of amides is 1. The fourth-order valence-corrected chi connectivity index (χ4v) is 1.92. The van der Waals surface area contributed by atoms with Gasteiger partial charge in [-0.3, -0.25) is 0 Å². The Hall–Kier alpha value is -1.77. The first-order valence-electron chi connectivity index (χ1n) is 6.70. The van der Waals surface area contributed by atoms with E-state index in [1.807, 2.05) is 36.4 Å². The van der Waals surface area contributed by atoms with Crippen LogP contribution in [0.2, 0.25) is 0 Å². The number of nitrogens with one attached hydrogen (secondary N) is 1. The van der Waals surface area contributed by atoms with Gasteiger partial charge in [0, 0.05) is 6.04 Å². The van der Waals surface area contributed by atoms with E-state index < -0.39 is 0 Å². The van der Waals surface area contributed by atoms with Gasteiger partial charge in [0.15, 0.2) is 0 Å². The molecule has 0 aliphatic heterocycles. The average molecular weight is 261 g/mol. The van der Waals surface area contributed by atoms with Crippen LogP contribution in [0.5, 0.6) is 0 Å². The third-order valence-electron chi connectivity index (χ3n) is 2.74. The number of alkyl carbamates (subject to hydrolysis) is 1. The lowest BCUT2D eigenvalue weighted by Crippen LogP contribution is -2.35. The van der Waals surface area contributed by atoms with Crippen molar-refractivity contribution >= 4 is 6.09 Å². The van der Waals surface area contributed by atoms with Crippen molar-refractivity contribution in [3.8, 4) is 0 Å². The molecule has 19 heavy (non-hydrogen) atoms. The Morgan fingerprint density at radius 2 is 2.05 bits per heavy atom. The van der Waals surface area contributed by atoms with Crippen molar-refractivity contribution in [2.45, 2.75) is 39.3 Å². The first-order chi connectivity index (χ1) is 9.11. The molecule has 1 aromatic rings. The van der Waals surface area contributed by atoms with E-state index >= 15 is 0 Å². The molecule has 0 aliphatic rings. The molecule has 0 fully saturated rings. The fourth-order valence-electron chi connectivity index (χ4n) is 1.92. The van der Waals surface area contributed by atoms with Gasteiger partial charge in [0.2, 0.25) is 0 Å². The molecule has 3 heteroatoms. The molecule has 0 radical (unpaired) electrons. The SMILES string of the molecule is C=CCC(CC(C)C)NC(=O)OCc1ccccc1. The molecular formula is C16H23NO2. The number of hydrogen-bond acceptors (Lipinski definition) is 2. The summed E-state index contributed by atoms with van der Waals surface area (Å²) in [7, 11) is 0. The molecule has 1 atom stereocenters. The van der Waals surface area contributed by atoms with Crippen molar-refractivity contribution < 1.29 is 9.53 Å². The minimum absolute atomic E-state index is 0.0979. The first-order valence-corrected chi connectivity index (χ1v) is 6.70. The summed E-state index contributed by atoms with van der Waals surface area (Å²) in [4.78, 5) is 11.7. The van der Waals surface area contributed by atoms with E-state index in [2.05, 4.69) is 25.7 Å². The van der Waals surface area contributed by atoms with E-state index in [1.165, 1.54) is 0 Å². The van der Waals surface area contributed by atoms with Gasteiger partial charge in [-0.05, 0) is 24.3 Å². The van der Waals surface area contributed by atoms with Gasteiger partial charge >= 0.3 is 6.09 Å². The Morgan fingerprint density at radius 3 is 2.63 bits per heavy atom. The molecule has 0 bridgehead atoms. The minimum Gasteiger partial charge on any atom is -0.445 e. The highest BCUT2D eigenvalue weighted by atomic mass is 16.5. The predicted octanol–water partition coefficient (Wildman–Crippen LogP) is 3.90.